The van der Waals surface area contributed by atoms with Crippen molar-refractivity contribution in [1.29, 1.82) is 0 Å². The van der Waals surface area contributed by atoms with Crippen LogP contribution in [-0.4, -0.2) is 34.7 Å². The Hall–Kier alpha value is -5.60. The number of rotatable bonds is 9. The van der Waals surface area contributed by atoms with E-state index in [1.165, 1.54) is 17.4 Å². The predicted octanol–water partition coefficient (Wildman–Crippen LogP) is 8.26. The van der Waals surface area contributed by atoms with Gasteiger partial charge in [0.15, 0.2) is 6.10 Å². The Labute approximate surface area is 299 Å². The zero-order valence-corrected chi connectivity index (χ0v) is 28.7. The zero-order valence-electron chi connectivity index (χ0n) is 27.9. The number of amides is 2. The highest BCUT2D eigenvalue weighted by molar-refractivity contribution is 6.35. The Morgan fingerprint density at radius 1 is 0.902 bits per heavy atom. The minimum atomic E-state index is -1.08. The quantitative estimate of drug-likeness (QED) is 0.0662. The van der Waals surface area contributed by atoms with Gasteiger partial charge in [0.25, 0.3) is 0 Å². The molecule has 4 aromatic carbocycles. The fourth-order valence-corrected chi connectivity index (χ4v) is 8.03. The molecule has 2 bridgehead atoms. The molecule has 1 aromatic heterocycles. The molecule has 254 valence electrons. The first-order valence-electron chi connectivity index (χ1n) is 17.0. The van der Waals surface area contributed by atoms with Crippen LogP contribution < -0.4 is 9.64 Å². The van der Waals surface area contributed by atoms with E-state index in [9.17, 15) is 19.2 Å². The molecule has 51 heavy (non-hydrogen) atoms. The number of carbonyl (C=O) groups is 4. The van der Waals surface area contributed by atoms with Gasteiger partial charge in [-0.1, -0.05) is 77.8 Å². The van der Waals surface area contributed by atoms with Gasteiger partial charge in [-0.2, -0.15) is 0 Å². The summed E-state index contributed by atoms with van der Waals surface area (Å²) in [6.07, 6.45) is 1.94. The first kappa shape index (κ1) is 32.6. The second-order valence-electron chi connectivity index (χ2n) is 13.4. The number of hydrogen-bond donors (Lipinski definition) is 0. The lowest BCUT2D eigenvalue weighted by Crippen LogP contribution is -2.32. The van der Waals surface area contributed by atoms with Gasteiger partial charge in [-0.15, -0.1) is 0 Å². The number of benzene rings is 4. The van der Waals surface area contributed by atoms with Crippen LogP contribution >= 0.6 is 11.6 Å². The van der Waals surface area contributed by atoms with Crippen LogP contribution in [0.15, 0.2) is 115 Å². The van der Waals surface area contributed by atoms with E-state index < -0.39 is 12.1 Å². The molecule has 5 atom stereocenters. The van der Waals surface area contributed by atoms with Crippen molar-refractivity contribution in [2.24, 2.45) is 23.7 Å². The smallest absolute Gasteiger partial charge is 0.339 e. The lowest BCUT2D eigenvalue weighted by atomic mass is 9.82. The van der Waals surface area contributed by atoms with Crippen LogP contribution in [-0.2, 0) is 20.9 Å². The number of hydrogen-bond acceptors (Lipinski definition) is 7. The van der Waals surface area contributed by atoms with E-state index in [1.807, 2.05) is 37.3 Å². The Kier molecular flexibility index (Phi) is 8.27. The summed E-state index contributed by atoms with van der Waals surface area (Å²) in [4.78, 5) is 60.0. The lowest BCUT2D eigenvalue weighted by Gasteiger charge is -2.19. The number of allylic oxidation sites excluding steroid dienone is 2. The third-order valence-electron chi connectivity index (χ3n) is 10.4. The summed E-state index contributed by atoms with van der Waals surface area (Å²) in [5.41, 5.74) is 4.78. The van der Waals surface area contributed by atoms with Gasteiger partial charge in [0, 0.05) is 16.5 Å². The van der Waals surface area contributed by atoms with Gasteiger partial charge in [0.2, 0.25) is 17.6 Å². The van der Waals surface area contributed by atoms with Crippen molar-refractivity contribution in [2.45, 2.75) is 33.0 Å². The summed E-state index contributed by atoms with van der Waals surface area (Å²) in [7, 11) is 0. The zero-order chi connectivity index (χ0) is 35.4. The molecule has 2 aliphatic carbocycles. The number of Topliss-reactive ketones (excluding diaryl/α,β-unsaturated/α-hetero) is 1. The Bertz CT molecular complexity index is 2250. The van der Waals surface area contributed by atoms with Gasteiger partial charge >= 0.3 is 5.97 Å². The van der Waals surface area contributed by atoms with Crippen LogP contribution in [0.4, 0.5) is 5.69 Å². The summed E-state index contributed by atoms with van der Waals surface area (Å²) in [5.74, 6) is -1.08. The van der Waals surface area contributed by atoms with Crippen molar-refractivity contribution in [2.75, 3.05) is 4.90 Å². The SMILES string of the molecule is CC1=CC2CC1C1C(=O)N(c3ccc(-c4cc(C(=O)OC(C)C(=O)c5ccc(OCc6ccccc6)cc5)c5cccc(Cl)c5n4)cc3)C(=O)C21. The van der Waals surface area contributed by atoms with Gasteiger partial charge < -0.3 is 9.47 Å². The predicted molar refractivity (Wildman–Crippen MR) is 193 cm³/mol. The molecular weight excluding hydrogens is 664 g/mol. The third kappa shape index (κ3) is 5.79. The molecule has 0 N–H and O–H groups in total. The summed E-state index contributed by atoms with van der Waals surface area (Å²) >= 11 is 6.56. The number of ether oxygens (including phenoxy) is 2. The monoisotopic (exact) mass is 696 g/mol. The summed E-state index contributed by atoms with van der Waals surface area (Å²) in [6.45, 7) is 3.98. The van der Waals surface area contributed by atoms with Crippen LogP contribution in [0.3, 0.4) is 0 Å². The molecule has 0 spiro atoms. The van der Waals surface area contributed by atoms with Gasteiger partial charge in [-0.05, 0) is 86.2 Å². The molecule has 1 aliphatic heterocycles. The van der Waals surface area contributed by atoms with Gasteiger partial charge in [-0.25, -0.2) is 9.78 Å². The lowest BCUT2D eigenvalue weighted by molar-refractivity contribution is -0.123. The van der Waals surface area contributed by atoms with E-state index in [-0.39, 0.29) is 46.8 Å². The molecule has 9 heteroatoms. The first-order valence-corrected chi connectivity index (χ1v) is 17.3. The van der Waals surface area contributed by atoms with E-state index in [0.29, 0.717) is 50.8 Å². The van der Waals surface area contributed by atoms with Crippen LogP contribution in [0.1, 0.15) is 46.5 Å². The molecular formula is C42H33ClN2O6. The molecule has 8 rings (SSSR count). The number of fused-ring (bicyclic) bond motifs is 6. The number of esters is 1. The second kappa shape index (κ2) is 12.9. The maximum atomic E-state index is 13.7. The maximum Gasteiger partial charge on any atom is 0.339 e. The number of pyridine rings is 1. The average Bonchev–Trinajstić information content (AvgIpc) is 3.80. The van der Waals surface area contributed by atoms with Crippen molar-refractivity contribution in [1.82, 2.24) is 4.98 Å². The van der Waals surface area contributed by atoms with Crippen molar-refractivity contribution in [3.63, 3.8) is 0 Å². The fraction of sp³-hybridized carbons (Fsp3) is 0.214. The molecule has 5 unspecified atom stereocenters. The highest BCUT2D eigenvalue weighted by Crippen LogP contribution is 2.56. The number of carbonyl (C=O) groups excluding carboxylic acids is 4. The fourth-order valence-electron chi connectivity index (χ4n) is 7.81. The van der Waals surface area contributed by atoms with Crippen molar-refractivity contribution < 1.29 is 28.7 Å². The van der Waals surface area contributed by atoms with Crippen LogP contribution in [0, 0.1) is 23.7 Å². The van der Waals surface area contributed by atoms with Crippen LogP contribution in [0.2, 0.25) is 5.02 Å². The summed E-state index contributed by atoms with van der Waals surface area (Å²) in [6, 6.07) is 30.2. The van der Waals surface area contributed by atoms with Crippen molar-refractivity contribution in [3.05, 3.63) is 136 Å². The minimum absolute atomic E-state index is 0.119. The molecule has 0 radical (unpaired) electrons. The Morgan fingerprint density at radius 2 is 1.63 bits per heavy atom. The largest absolute Gasteiger partial charge is 0.489 e. The molecule has 2 fully saturated rings. The number of ketones is 1. The number of imide groups is 1. The second-order valence-corrected chi connectivity index (χ2v) is 13.8. The molecule has 5 aromatic rings. The molecule has 8 nitrogen and oxygen atoms in total. The maximum absolute atomic E-state index is 13.7. The van der Waals surface area contributed by atoms with Gasteiger partial charge in [-0.3, -0.25) is 19.3 Å². The topological polar surface area (TPSA) is 103 Å². The summed E-state index contributed by atoms with van der Waals surface area (Å²) in [5, 5.41) is 0.822. The van der Waals surface area contributed by atoms with E-state index in [4.69, 9.17) is 26.1 Å². The molecule has 1 saturated carbocycles. The van der Waals surface area contributed by atoms with Crippen molar-refractivity contribution >= 4 is 51.8 Å². The molecule has 2 amide bonds. The number of aromatic nitrogens is 1. The summed E-state index contributed by atoms with van der Waals surface area (Å²) < 4.78 is 11.6. The Balaban J connectivity index is 1.00. The molecule has 1 saturated heterocycles. The number of para-hydroxylation sites is 1. The first-order chi connectivity index (χ1) is 24.7. The van der Waals surface area contributed by atoms with Crippen LogP contribution in [0.25, 0.3) is 22.2 Å². The normalized spacial score (nSPS) is 21.1. The van der Waals surface area contributed by atoms with Gasteiger partial charge in [0.1, 0.15) is 12.4 Å². The molecule has 2 heterocycles. The van der Waals surface area contributed by atoms with E-state index in [1.54, 1.807) is 72.8 Å². The highest BCUT2D eigenvalue weighted by Gasteiger charge is 2.60. The standard InChI is InChI=1S/C42H33ClN2O6/c1-23-19-28-20-32(23)37-36(28)40(47)45(41(37)48)29-15-11-26(12-16-29)35-21-33(31-9-6-10-34(43)38(31)44-35)42(49)51-24(2)39(46)27-13-17-30(18-14-27)50-22-25-7-4-3-5-8-25/h3-19,21,24,28,32,36-37H,20,22H2,1-2H3. The number of anilines is 1. The molecule has 3 aliphatic rings. The highest BCUT2D eigenvalue weighted by atomic mass is 35.5. The number of nitrogens with zero attached hydrogens (tertiary/aromatic N) is 2. The van der Waals surface area contributed by atoms with Crippen molar-refractivity contribution in [3.8, 4) is 17.0 Å². The van der Waals surface area contributed by atoms with Crippen LogP contribution in [0.5, 0.6) is 5.75 Å². The van der Waals surface area contributed by atoms with E-state index in [0.717, 1.165) is 12.0 Å². The van der Waals surface area contributed by atoms with Gasteiger partial charge in [0.05, 0.1) is 39.3 Å². The van der Waals surface area contributed by atoms with E-state index in [2.05, 4.69) is 6.08 Å². The third-order valence-corrected chi connectivity index (χ3v) is 10.7. The number of halogens is 1. The Morgan fingerprint density at radius 3 is 2.37 bits per heavy atom. The average molecular weight is 697 g/mol. The van der Waals surface area contributed by atoms with E-state index >= 15 is 0 Å². The minimum Gasteiger partial charge on any atom is -0.489 e.